The van der Waals surface area contributed by atoms with Gasteiger partial charge in [0.2, 0.25) is 5.82 Å². The van der Waals surface area contributed by atoms with Crippen molar-refractivity contribution in [3.63, 3.8) is 0 Å². The molecule has 0 unspecified atom stereocenters. The predicted molar refractivity (Wildman–Crippen MR) is 112 cm³/mol. The highest BCUT2D eigenvalue weighted by Gasteiger charge is 2.23. The largest absolute Gasteiger partial charge is 0.497 e. The summed E-state index contributed by atoms with van der Waals surface area (Å²) in [5, 5.41) is 3.87. The van der Waals surface area contributed by atoms with Gasteiger partial charge in [-0.05, 0) is 37.3 Å². The SMILES string of the molecule is COc1cccc(NS(=O)(=O)c2cc(-c3nc(-c4cccc(F)c4)no3)sc2C)c1. The first kappa shape index (κ1) is 20.0. The van der Waals surface area contributed by atoms with E-state index in [0.717, 1.165) is 0 Å². The van der Waals surface area contributed by atoms with Gasteiger partial charge in [-0.15, -0.1) is 11.3 Å². The van der Waals surface area contributed by atoms with Crippen LogP contribution in [0, 0.1) is 12.7 Å². The lowest BCUT2D eigenvalue weighted by atomic mass is 10.2. The molecule has 0 saturated carbocycles. The number of thiophene rings is 1. The van der Waals surface area contributed by atoms with Crippen LogP contribution in [0.1, 0.15) is 4.88 Å². The average molecular weight is 445 g/mol. The first-order valence-electron chi connectivity index (χ1n) is 8.73. The number of aromatic nitrogens is 2. The number of aryl methyl sites for hydroxylation is 1. The molecule has 0 aliphatic carbocycles. The van der Waals surface area contributed by atoms with Gasteiger partial charge < -0.3 is 9.26 Å². The van der Waals surface area contributed by atoms with Crippen molar-refractivity contribution in [2.75, 3.05) is 11.8 Å². The van der Waals surface area contributed by atoms with Gasteiger partial charge in [0, 0.05) is 16.5 Å². The van der Waals surface area contributed by atoms with Crippen molar-refractivity contribution < 1.29 is 22.1 Å². The number of anilines is 1. The number of sulfonamides is 1. The summed E-state index contributed by atoms with van der Waals surface area (Å²) in [6, 6.07) is 13.9. The zero-order chi connectivity index (χ0) is 21.3. The van der Waals surface area contributed by atoms with E-state index < -0.39 is 15.8 Å². The quantitative estimate of drug-likeness (QED) is 0.461. The molecule has 0 spiro atoms. The van der Waals surface area contributed by atoms with Crippen molar-refractivity contribution in [2.45, 2.75) is 11.8 Å². The number of halogens is 1. The van der Waals surface area contributed by atoms with Gasteiger partial charge in [-0.2, -0.15) is 4.98 Å². The van der Waals surface area contributed by atoms with Crippen molar-refractivity contribution in [3.8, 4) is 27.9 Å². The third kappa shape index (κ3) is 4.05. The van der Waals surface area contributed by atoms with Crippen molar-refractivity contribution in [1.82, 2.24) is 10.1 Å². The van der Waals surface area contributed by atoms with Crippen LogP contribution in [0.3, 0.4) is 0 Å². The Kier molecular flexibility index (Phi) is 5.27. The number of rotatable bonds is 6. The Hall–Kier alpha value is -3.24. The summed E-state index contributed by atoms with van der Waals surface area (Å²) < 4.78 is 52.1. The Labute approximate surface area is 176 Å². The molecule has 0 bridgehead atoms. The highest BCUT2D eigenvalue weighted by Crippen LogP contribution is 2.34. The minimum atomic E-state index is -3.84. The van der Waals surface area contributed by atoms with Gasteiger partial charge in [-0.3, -0.25) is 4.72 Å². The van der Waals surface area contributed by atoms with Crippen LogP contribution in [0.15, 0.2) is 64.0 Å². The van der Waals surface area contributed by atoms with Crippen molar-refractivity contribution in [2.24, 2.45) is 0 Å². The fourth-order valence-electron chi connectivity index (χ4n) is 2.80. The third-order valence-corrected chi connectivity index (χ3v) is 6.88. The average Bonchev–Trinajstić information content (AvgIpc) is 3.35. The molecule has 2 heterocycles. The van der Waals surface area contributed by atoms with E-state index in [9.17, 15) is 12.8 Å². The molecule has 0 amide bonds. The van der Waals surface area contributed by atoms with Crippen LogP contribution in [0.4, 0.5) is 10.1 Å². The van der Waals surface area contributed by atoms with Crippen LogP contribution in [-0.2, 0) is 10.0 Å². The normalized spacial score (nSPS) is 11.4. The van der Waals surface area contributed by atoms with Crippen molar-refractivity contribution in [1.29, 1.82) is 0 Å². The van der Waals surface area contributed by atoms with E-state index in [4.69, 9.17) is 9.26 Å². The van der Waals surface area contributed by atoms with Gasteiger partial charge in [0.1, 0.15) is 16.5 Å². The maximum absolute atomic E-state index is 13.4. The molecular weight excluding hydrogens is 429 g/mol. The molecule has 2 aromatic carbocycles. The van der Waals surface area contributed by atoms with Crippen LogP contribution >= 0.6 is 11.3 Å². The first-order chi connectivity index (χ1) is 14.4. The lowest BCUT2D eigenvalue weighted by Gasteiger charge is -2.08. The Morgan fingerprint density at radius 1 is 1.13 bits per heavy atom. The Balaban J connectivity index is 1.63. The second-order valence-corrected chi connectivity index (χ2v) is 9.21. The maximum Gasteiger partial charge on any atom is 0.268 e. The zero-order valence-corrected chi connectivity index (χ0v) is 17.6. The van der Waals surface area contributed by atoms with Gasteiger partial charge in [-0.25, -0.2) is 12.8 Å². The topological polar surface area (TPSA) is 94.3 Å². The van der Waals surface area contributed by atoms with Crippen molar-refractivity contribution >= 4 is 27.0 Å². The minimum Gasteiger partial charge on any atom is -0.497 e. The van der Waals surface area contributed by atoms with E-state index in [1.165, 1.54) is 36.6 Å². The number of ether oxygens (including phenoxy) is 1. The Morgan fingerprint density at radius 3 is 2.70 bits per heavy atom. The smallest absolute Gasteiger partial charge is 0.268 e. The van der Waals surface area contributed by atoms with Crippen molar-refractivity contribution in [3.05, 3.63) is 65.3 Å². The molecule has 7 nitrogen and oxygen atoms in total. The first-order valence-corrected chi connectivity index (χ1v) is 11.0. The fourth-order valence-corrected chi connectivity index (χ4v) is 5.37. The molecule has 4 aromatic rings. The molecule has 10 heteroatoms. The molecule has 2 aromatic heterocycles. The summed E-state index contributed by atoms with van der Waals surface area (Å²) in [6.07, 6.45) is 0. The Bertz CT molecular complexity index is 1320. The lowest BCUT2D eigenvalue weighted by Crippen LogP contribution is -2.13. The van der Waals surface area contributed by atoms with Gasteiger partial charge in [0.25, 0.3) is 15.9 Å². The Morgan fingerprint density at radius 2 is 1.93 bits per heavy atom. The van der Waals surface area contributed by atoms with E-state index in [2.05, 4.69) is 14.9 Å². The van der Waals surface area contributed by atoms with Crippen LogP contribution in [0.25, 0.3) is 22.2 Å². The molecule has 0 atom stereocenters. The summed E-state index contributed by atoms with van der Waals surface area (Å²) >= 11 is 1.21. The minimum absolute atomic E-state index is 0.107. The number of hydrogen-bond donors (Lipinski definition) is 1. The standard InChI is InChI=1S/C20H16FN3O4S2/c1-12-18(30(25,26)24-15-7-4-8-16(10-15)27-2)11-17(29-12)20-22-19(23-28-20)13-5-3-6-14(21)9-13/h3-11,24H,1-2H3. The predicted octanol–water partition coefficient (Wildman–Crippen LogP) is 4.72. The summed E-state index contributed by atoms with van der Waals surface area (Å²) in [7, 11) is -2.34. The molecule has 30 heavy (non-hydrogen) atoms. The molecular formula is C20H16FN3O4S2. The monoisotopic (exact) mass is 445 g/mol. The number of methoxy groups -OCH3 is 1. The summed E-state index contributed by atoms with van der Waals surface area (Å²) in [6.45, 7) is 1.69. The molecule has 0 aliphatic heterocycles. The molecule has 1 N–H and O–H groups in total. The van der Waals surface area contributed by atoms with Crippen LogP contribution < -0.4 is 9.46 Å². The molecule has 0 radical (unpaired) electrons. The second-order valence-electron chi connectivity index (χ2n) is 6.30. The molecule has 4 rings (SSSR count). The molecule has 0 saturated heterocycles. The summed E-state index contributed by atoms with van der Waals surface area (Å²) in [4.78, 5) is 5.43. The number of hydrogen-bond acceptors (Lipinski definition) is 7. The molecule has 0 aliphatic rings. The van der Waals surface area contributed by atoms with E-state index in [1.54, 1.807) is 43.3 Å². The van der Waals surface area contributed by atoms with Gasteiger partial charge in [-0.1, -0.05) is 23.4 Å². The van der Waals surface area contributed by atoms with Crippen LogP contribution in [0.2, 0.25) is 0 Å². The zero-order valence-electron chi connectivity index (χ0n) is 15.9. The van der Waals surface area contributed by atoms with Crippen LogP contribution in [0.5, 0.6) is 5.75 Å². The fraction of sp³-hybridized carbons (Fsp3) is 0.100. The number of nitrogens with zero attached hydrogens (tertiary/aromatic N) is 2. The van der Waals surface area contributed by atoms with Gasteiger partial charge >= 0.3 is 0 Å². The van der Waals surface area contributed by atoms with E-state index in [-0.39, 0.29) is 16.6 Å². The second kappa shape index (κ2) is 7.88. The summed E-state index contributed by atoms with van der Waals surface area (Å²) in [5.41, 5.74) is 0.846. The third-order valence-electron chi connectivity index (χ3n) is 4.20. The van der Waals surface area contributed by atoms with Gasteiger partial charge in [0.05, 0.1) is 17.7 Å². The number of benzene rings is 2. The lowest BCUT2D eigenvalue weighted by molar-refractivity contribution is 0.415. The highest BCUT2D eigenvalue weighted by atomic mass is 32.2. The maximum atomic E-state index is 13.4. The summed E-state index contributed by atoms with van der Waals surface area (Å²) in [5.74, 6) is 0.496. The van der Waals surface area contributed by atoms with Crippen LogP contribution in [-0.4, -0.2) is 25.7 Å². The van der Waals surface area contributed by atoms with E-state index >= 15 is 0 Å². The number of nitrogens with one attached hydrogen (secondary N) is 1. The highest BCUT2D eigenvalue weighted by molar-refractivity contribution is 7.93. The van der Waals surface area contributed by atoms with Gasteiger partial charge in [0.15, 0.2) is 0 Å². The molecule has 0 fully saturated rings. The molecule has 154 valence electrons. The van der Waals surface area contributed by atoms with E-state index in [0.29, 0.717) is 26.8 Å². The van der Waals surface area contributed by atoms with E-state index in [1.807, 2.05) is 0 Å².